The van der Waals surface area contributed by atoms with E-state index in [-0.39, 0.29) is 13.0 Å². The first kappa shape index (κ1) is 15.8. The van der Waals surface area contributed by atoms with Crippen molar-refractivity contribution in [1.82, 2.24) is 5.32 Å². The number of alkyl halides is 3. The summed E-state index contributed by atoms with van der Waals surface area (Å²) >= 11 is 0. The monoisotopic (exact) mass is 275 g/mol. The van der Waals surface area contributed by atoms with Gasteiger partial charge in [-0.25, -0.2) is 0 Å². The lowest BCUT2D eigenvalue weighted by atomic mass is 10.2. The first-order valence-corrected chi connectivity index (χ1v) is 6.39. The molecule has 19 heavy (non-hydrogen) atoms. The molecule has 0 aliphatic carbocycles. The Bertz CT molecular complexity index is 377. The van der Waals surface area contributed by atoms with Crippen LogP contribution in [0.2, 0.25) is 0 Å². The van der Waals surface area contributed by atoms with Gasteiger partial charge in [0, 0.05) is 19.0 Å². The van der Waals surface area contributed by atoms with Crippen LogP contribution in [0.4, 0.5) is 13.2 Å². The van der Waals surface area contributed by atoms with Gasteiger partial charge < -0.3 is 10.1 Å². The Balaban J connectivity index is 2.35. The average molecular weight is 275 g/mol. The zero-order valence-electron chi connectivity index (χ0n) is 11.3. The molecular formula is C14H20F3NO. The summed E-state index contributed by atoms with van der Waals surface area (Å²) in [5.74, 6) is 0.616. The quantitative estimate of drug-likeness (QED) is 0.762. The number of nitrogens with one attached hydrogen (secondary N) is 1. The van der Waals surface area contributed by atoms with Crippen molar-refractivity contribution in [3.63, 3.8) is 0 Å². The predicted octanol–water partition coefficient (Wildman–Crippen LogP) is 3.91. The van der Waals surface area contributed by atoms with E-state index >= 15 is 0 Å². The molecule has 0 heterocycles. The lowest BCUT2D eigenvalue weighted by Gasteiger charge is -2.11. The van der Waals surface area contributed by atoms with E-state index in [9.17, 15) is 13.2 Å². The van der Waals surface area contributed by atoms with Crippen molar-refractivity contribution in [2.24, 2.45) is 0 Å². The molecule has 1 aromatic rings. The Morgan fingerprint density at radius 2 is 2.00 bits per heavy atom. The fraction of sp³-hybridized carbons (Fsp3) is 0.571. The lowest BCUT2D eigenvalue weighted by molar-refractivity contribution is -0.136. The molecule has 0 saturated carbocycles. The Morgan fingerprint density at radius 3 is 2.63 bits per heavy atom. The van der Waals surface area contributed by atoms with Crippen molar-refractivity contribution in [3.8, 4) is 5.75 Å². The number of hydrogen-bond donors (Lipinski definition) is 1. The molecule has 5 heteroatoms. The maximum absolute atomic E-state index is 12.0. The molecule has 1 rings (SSSR count). The van der Waals surface area contributed by atoms with E-state index in [0.29, 0.717) is 11.8 Å². The third-order valence-electron chi connectivity index (χ3n) is 2.49. The van der Waals surface area contributed by atoms with Crippen LogP contribution in [0.15, 0.2) is 24.3 Å². The second kappa shape index (κ2) is 7.38. The van der Waals surface area contributed by atoms with Crippen molar-refractivity contribution < 1.29 is 17.9 Å². The van der Waals surface area contributed by atoms with E-state index in [4.69, 9.17) is 4.74 Å². The van der Waals surface area contributed by atoms with Crippen molar-refractivity contribution in [1.29, 1.82) is 0 Å². The fourth-order valence-electron chi connectivity index (χ4n) is 1.53. The molecule has 0 saturated heterocycles. The SMILES string of the molecule is CC(C)NCc1cccc(OCCCC(F)(F)F)c1. The molecular weight excluding hydrogens is 255 g/mol. The Hall–Kier alpha value is -1.23. The van der Waals surface area contributed by atoms with Crippen molar-refractivity contribution >= 4 is 0 Å². The van der Waals surface area contributed by atoms with Crippen LogP contribution in [0.5, 0.6) is 5.75 Å². The molecule has 0 spiro atoms. The summed E-state index contributed by atoms with van der Waals surface area (Å²) in [6, 6.07) is 7.79. The number of rotatable bonds is 7. The van der Waals surface area contributed by atoms with Crippen molar-refractivity contribution in [3.05, 3.63) is 29.8 Å². The second-order valence-corrected chi connectivity index (χ2v) is 4.75. The maximum Gasteiger partial charge on any atom is 0.389 e. The molecule has 0 fully saturated rings. The van der Waals surface area contributed by atoms with Crippen LogP contribution in [-0.2, 0) is 6.54 Å². The summed E-state index contributed by atoms with van der Waals surface area (Å²) in [4.78, 5) is 0. The van der Waals surface area contributed by atoms with Gasteiger partial charge in [-0.2, -0.15) is 13.2 Å². The first-order chi connectivity index (χ1) is 8.87. The Kier molecular flexibility index (Phi) is 6.15. The molecule has 2 nitrogen and oxygen atoms in total. The van der Waals surface area contributed by atoms with Gasteiger partial charge in [-0.1, -0.05) is 26.0 Å². The standard InChI is InChI=1S/C14H20F3NO/c1-11(2)18-10-12-5-3-6-13(9-12)19-8-4-7-14(15,16)17/h3,5-6,9,11,18H,4,7-8,10H2,1-2H3. The van der Waals surface area contributed by atoms with Gasteiger partial charge >= 0.3 is 6.18 Å². The number of ether oxygens (including phenoxy) is 1. The summed E-state index contributed by atoms with van der Waals surface area (Å²) in [7, 11) is 0. The molecule has 1 N–H and O–H groups in total. The number of hydrogen-bond acceptors (Lipinski definition) is 2. The van der Waals surface area contributed by atoms with E-state index < -0.39 is 12.6 Å². The molecule has 1 aromatic carbocycles. The van der Waals surface area contributed by atoms with Gasteiger partial charge in [0.1, 0.15) is 5.75 Å². The van der Waals surface area contributed by atoms with Gasteiger partial charge in [-0.3, -0.25) is 0 Å². The molecule has 0 atom stereocenters. The van der Waals surface area contributed by atoms with Crippen LogP contribution in [0.25, 0.3) is 0 Å². The van der Waals surface area contributed by atoms with Gasteiger partial charge in [0.25, 0.3) is 0 Å². The highest BCUT2D eigenvalue weighted by molar-refractivity contribution is 5.28. The van der Waals surface area contributed by atoms with Gasteiger partial charge in [0.2, 0.25) is 0 Å². The Morgan fingerprint density at radius 1 is 1.26 bits per heavy atom. The van der Waals surface area contributed by atoms with Crippen molar-refractivity contribution in [2.45, 2.75) is 45.5 Å². The topological polar surface area (TPSA) is 21.3 Å². The average Bonchev–Trinajstić information content (AvgIpc) is 2.32. The maximum atomic E-state index is 12.0. The second-order valence-electron chi connectivity index (χ2n) is 4.75. The van der Waals surface area contributed by atoms with E-state index in [1.165, 1.54) is 0 Å². The number of halogens is 3. The summed E-state index contributed by atoms with van der Waals surface area (Å²) < 4.78 is 41.2. The van der Waals surface area contributed by atoms with E-state index in [1.807, 2.05) is 18.2 Å². The highest BCUT2D eigenvalue weighted by atomic mass is 19.4. The first-order valence-electron chi connectivity index (χ1n) is 6.39. The van der Waals surface area contributed by atoms with Crippen LogP contribution in [0.1, 0.15) is 32.3 Å². The minimum atomic E-state index is -4.10. The highest BCUT2D eigenvalue weighted by Gasteiger charge is 2.26. The summed E-state index contributed by atoms with van der Waals surface area (Å²) in [6.45, 7) is 4.91. The minimum absolute atomic E-state index is 0.0159. The minimum Gasteiger partial charge on any atom is -0.494 e. The van der Waals surface area contributed by atoms with E-state index in [0.717, 1.165) is 12.1 Å². The molecule has 0 radical (unpaired) electrons. The predicted molar refractivity (Wildman–Crippen MR) is 69.2 cm³/mol. The van der Waals surface area contributed by atoms with Crippen molar-refractivity contribution in [2.75, 3.05) is 6.61 Å². The van der Waals surface area contributed by atoms with Crippen LogP contribution in [0.3, 0.4) is 0 Å². The lowest BCUT2D eigenvalue weighted by Crippen LogP contribution is -2.21. The largest absolute Gasteiger partial charge is 0.494 e. The molecule has 0 aliphatic heterocycles. The van der Waals surface area contributed by atoms with E-state index in [2.05, 4.69) is 19.2 Å². The molecule has 108 valence electrons. The Labute approximate surface area is 112 Å². The summed E-state index contributed by atoms with van der Waals surface area (Å²) in [6.07, 6.45) is -4.92. The third-order valence-corrected chi connectivity index (χ3v) is 2.49. The molecule has 0 bridgehead atoms. The fourth-order valence-corrected chi connectivity index (χ4v) is 1.53. The van der Waals surface area contributed by atoms with Crippen LogP contribution < -0.4 is 10.1 Å². The normalized spacial score (nSPS) is 11.9. The zero-order valence-corrected chi connectivity index (χ0v) is 11.3. The summed E-state index contributed by atoms with van der Waals surface area (Å²) in [5, 5.41) is 3.27. The zero-order chi connectivity index (χ0) is 14.3. The van der Waals surface area contributed by atoms with Gasteiger partial charge in [0.15, 0.2) is 0 Å². The van der Waals surface area contributed by atoms with Crippen LogP contribution in [-0.4, -0.2) is 18.8 Å². The molecule has 0 aromatic heterocycles. The van der Waals surface area contributed by atoms with E-state index in [1.54, 1.807) is 6.07 Å². The number of benzene rings is 1. The van der Waals surface area contributed by atoms with Gasteiger partial charge in [-0.15, -0.1) is 0 Å². The molecule has 0 unspecified atom stereocenters. The highest BCUT2D eigenvalue weighted by Crippen LogP contribution is 2.21. The molecule has 0 aliphatic rings. The molecule has 0 amide bonds. The van der Waals surface area contributed by atoms with Crippen LogP contribution in [0, 0.1) is 0 Å². The smallest absolute Gasteiger partial charge is 0.389 e. The van der Waals surface area contributed by atoms with Crippen LogP contribution >= 0.6 is 0 Å². The third kappa shape index (κ3) is 7.72. The van der Waals surface area contributed by atoms with Gasteiger partial charge in [0.05, 0.1) is 6.61 Å². The van der Waals surface area contributed by atoms with Gasteiger partial charge in [-0.05, 0) is 24.1 Å². The summed E-state index contributed by atoms with van der Waals surface area (Å²) in [5.41, 5.74) is 1.06.